The Labute approximate surface area is 118 Å². The number of fused-ring (bicyclic) bond motifs is 1. The summed E-state index contributed by atoms with van der Waals surface area (Å²) in [5, 5.41) is 14.4. The lowest BCUT2D eigenvalue weighted by atomic mass is 9.78. The molecule has 2 unspecified atom stereocenters. The van der Waals surface area contributed by atoms with Crippen LogP contribution in [0.25, 0.3) is 0 Å². The number of amides is 2. The standard InChI is InChI=1S/C15H20N2O3/c1-3-15(2,13(18)19)17-14(20)16-9-11-8-10-6-4-5-7-12(10)11/h4-7,11H,3,8-9H2,1-2H3,(H,18,19)(H2,16,17,20). The van der Waals surface area contributed by atoms with E-state index < -0.39 is 17.5 Å². The van der Waals surface area contributed by atoms with Crippen LogP contribution in [0.3, 0.4) is 0 Å². The second kappa shape index (κ2) is 5.53. The van der Waals surface area contributed by atoms with Crippen LogP contribution in [0, 0.1) is 0 Å². The molecule has 2 rings (SSSR count). The molecule has 0 spiro atoms. The molecule has 0 heterocycles. The van der Waals surface area contributed by atoms with Crippen molar-refractivity contribution >= 4 is 12.0 Å². The topological polar surface area (TPSA) is 78.4 Å². The van der Waals surface area contributed by atoms with E-state index in [9.17, 15) is 9.59 Å². The van der Waals surface area contributed by atoms with Crippen LogP contribution < -0.4 is 10.6 Å². The zero-order valence-corrected chi connectivity index (χ0v) is 11.8. The normalized spacial score (nSPS) is 19.2. The Hall–Kier alpha value is -2.04. The minimum absolute atomic E-state index is 0.328. The summed E-state index contributed by atoms with van der Waals surface area (Å²) in [6.45, 7) is 3.77. The summed E-state index contributed by atoms with van der Waals surface area (Å²) in [7, 11) is 0. The zero-order valence-electron chi connectivity index (χ0n) is 11.8. The molecule has 1 aromatic rings. The number of carbonyl (C=O) groups excluding carboxylic acids is 1. The molecule has 2 atom stereocenters. The van der Waals surface area contributed by atoms with Crippen LogP contribution in [0.4, 0.5) is 4.79 Å². The summed E-state index contributed by atoms with van der Waals surface area (Å²) in [6.07, 6.45) is 1.29. The molecule has 1 aliphatic carbocycles. The number of hydrogen-bond acceptors (Lipinski definition) is 2. The first-order chi connectivity index (χ1) is 9.46. The molecule has 0 fully saturated rings. The lowest BCUT2D eigenvalue weighted by Gasteiger charge is -2.31. The Morgan fingerprint density at radius 2 is 2.10 bits per heavy atom. The molecule has 0 aliphatic heterocycles. The fourth-order valence-electron chi connectivity index (χ4n) is 2.35. The van der Waals surface area contributed by atoms with Gasteiger partial charge in [0.2, 0.25) is 0 Å². The van der Waals surface area contributed by atoms with Crippen LogP contribution in [-0.2, 0) is 11.2 Å². The van der Waals surface area contributed by atoms with Gasteiger partial charge in [-0.15, -0.1) is 0 Å². The van der Waals surface area contributed by atoms with E-state index in [2.05, 4.69) is 22.8 Å². The van der Waals surface area contributed by atoms with E-state index in [1.165, 1.54) is 18.1 Å². The van der Waals surface area contributed by atoms with Crippen LogP contribution >= 0.6 is 0 Å². The van der Waals surface area contributed by atoms with Crippen LogP contribution in [0.1, 0.15) is 37.3 Å². The average Bonchev–Trinajstić information content (AvgIpc) is 2.39. The summed E-state index contributed by atoms with van der Waals surface area (Å²) in [5.74, 6) is -0.696. The number of nitrogens with one attached hydrogen (secondary N) is 2. The van der Waals surface area contributed by atoms with Crippen molar-refractivity contribution in [3.8, 4) is 0 Å². The fraction of sp³-hybridized carbons (Fsp3) is 0.467. The summed E-state index contributed by atoms with van der Waals surface area (Å²) in [6, 6.07) is 7.72. The zero-order chi connectivity index (χ0) is 14.8. The Kier molecular flexibility index (Phi) is 3.97. The molecular formula is C15H20N2O3. The fourth-order valence-corrected chi connectivity index (χ4v) is 2.35. The van der Waals surface area contributed by atoms with Crippen molar-refractivity contribution in [1.82, 2.24) is 10.6 Å². The predicted molar refractivity (Wildman–Crippen MR) is 75.8 cm³/mol. The summed E-state index contributed by atoms with van der Waals surface area (Å²) < 4.78 is 0. The number of aliphatic carboxylic acids is 1. The molecule has 2 amide bonds. The van der Waals surface area contributed by atoms with Crippen LogP contribution in [0.2, 0.25) is 0 Å². The number of carbonyl (C=O) groups is 2. The van der Waals surface area contributed by atoms with E-state index in [1.54, 1.807) is 6.92 Å². The van der Waals surface area contributed by atoms with Crippen molar-refractivity contribution in [2.75, 3.05) is 6.54 Å². The maximum atomic E-state index is 11.8. The van der Waals surface area contributed by atoms with Gasteiger partial charge >= 0.3 is 12.0 Å². The molecule has 0 bridgehead atoms. The van der Waals surface area contributed by atoms with Crippen molar-refractivity contribution < 1.29 is 14.7 Å². The average molecular weight is 276 g/mol. The third kappa shape index (κ3) is 2.76. The molecule has 0 saturated carbocycles. The van der Waals surface area contributed by atoms with Gasteiger partial charge in [-0.2, -0.15) is 0 Å². The molecule has 3 N–H and O–H groups in total. The van der Waals surface area contributed by atoms with Gasteiger partial charge in [-0.25, -0.2) is 9.59 Å². The largest absolute Gasteiger partial charge is 0.480 e. The first kappa shape index (κ1) is 14.4. The Balaban J connectivity index is 1.84. The van der Waals surface area contributed by atoms with Crippen molar-refractivity contribution in [2.45, 2.75) is 38.1 Å². The quantitative estimate of drug-likeness (QED) is 0.768. The highest BCUT2D eigenvalue weighted by atomic mass is 16.4. The summed E-state index contributed by atoms with van der Waals surface area (Å²) >= 11 is 0. The van der Waals surface area contributed by atoms with Gasteiger partial charge in [0.05, 0.1) is 0 Å². The van der Waals surface area contributed by atoms with E-state index in [0.717, 1.165) is 6.42 Å². The van der Waals surface area contributed by atoms with Gasteiger partial charge in [-0.1, -0.05) is 31.2 Å². The molecular weight excluding hydrogens is 256 g/mol. The van der Waals surface area contributed by atoms with Crippen LogP contribution in [0.15, 0.2) is 24.3 Å². The van der Waals surface area contributed by atoms with Gasteiger partial charge in [-0.3, -0.25) is 0 Å². The molecule has 5 heteroatoms. The molecule has 5 nitrogen and oxygen atoms in total. The molecule has 1 aliphatic rings. The maximum Gasteiger partial charge on any atom is 0.329 e. The van der Waals surface area contributed by atoms with Crippen molar-refractivity contribution in [1.29, 1.82) is 0 Å². The van der Waals surface area contributed by atoms with E-state index >= 15 is 0 Å². The second-order valence-electron chi connectivity index (χ2n) is 5.43. The smallest absolute Gasteiger partial charge is 0.329 e. The summed E-state index contributed by atoms with van der Waals surface area (Å²) in [5.41, 5.74) is 1.37. The lowest BCUT2D eigenvalue weighted by Crippen LogP contribution is -2.55. The monoisotopic (exact) mass is 276 g/mol. The number of rotatable bonds is 5. The number of hydrogen-bond donors (Lipinski definition) is 3. The summed E-state index contributed by atoms with van der Waals surface area (Å²) in [4.78, 5) is 22.9. The molecule has 0 saturated heterocycles. The molecule has 0 aromatic heterocycles. The van der Waals surface area contributed by atoms with Crippen molar-refractivity contribution in [3.05, 3.63) is 35.4 Å². The maximum absolute atomic E-state index is 11.8. The van der Waals surface area contributed by atoms with E-state index in [4.69, 9.17) is 5.11 Å². The number of carboxylic acids is 1. The van der Waals surface area contributed by atoms with Gasteiger partial charge in [0, 0.05) is 12.5 Å². The van der Waals surface area contributed by atoms with E-state index in [-0.39, 0.29) is 0 Å². The number of benzene rings is 1. The van der Waals surface area contributed by atoms with Crippen LogP contribution in [0.5, 0.6) is 0 Å². The highest BCUT2D eigenvalue weighted by Gasteiger charge is 2.33. The SMILES string of the molecule is CCC(C)(NC(=O)NCC1Cc2ccccc21)C(=O)O. The molecule has 0 radical (unpaired) electrons. The molecule has 108 valence electrons. The van der Waals surface area contributed by atoms with Gasteiger partial charge in [0.1, 0.15) is 5.54 Å². The predicted octanol–water partition coefficient (Wildman–Crippen LogP) is 1.88. The third-order valence-corrected chi connectivity index (χ3v) is 4.04. The molecule has 20 heavy (non-hydrogen) atoms. The number of carboxylic acid groups (broad SMARTS) is 1. The van der Waals surface area contributed by atoms with E-state index in [0.29, 0.717) is 18.9 Å². The first-order valence-corrected chi connectivity index (χ1v) is 6.83. The third-order valence-electron chi connectivity index (χ3n) is 4.04. The van der Waals surface area contributed by atoms with Crippen molar-refractivity contribution in [2.24, 2.45) is 0 Å². The number of urea groups is 1. The Morgan fingerprint density at radius 3 is 2.70 bits per heavy atom. The second-order valence-corrected chi connectivity index (χ2v) is 5.43. The highest BCUT2D eigenvalue weighted by Crippen LogP contribution is 2.33. The first-order valence-electron chi connectivity index (χ1n) is 6.83. The Morgan fingerprint density at radius 1 is 1.40 bits per heavy atom. The lowest BCUT2D eigenvalue weighted by molar-refractivity contribution is -0.143. The van der Waals surface area contributed by atoms with Gasteiger partial charge in [0.15, 0.2) is 0 Å². The molecule has 1 aromatic carbocycles. The van der Waals surface area contributed by atoms with Crippen LogP contribution in [-0.4, -0.2) is 29.2 Å². The van der Waals surface area contributed by atoms with E-state index in [1.807, 2.05) is 12.1 Å². The van der Waals surface area contributed by atoms with Crippen molar-refractivity contribution in [3.63, 3.8) is 0 Å². The highest BCUT2D eigenvalue weighted by molar-refractivity contribution is 5.85. The Bertz CT molecular complexity index is 530. The minimum Gasteiger partial charge on any atom is -0.480 e. The van der Waals surface area contributed by atoms with Gasteiger partial charge in [0.25, 0.3) is 0 Å². The van der Waals surface area contributed by atoms with Gasteiger partial charge < -0.3 is 15.7 Å². The van der Waals surface area contributed by atoms with Gasteiger partial charge in [-0.05, 0) is 30.9 Å². The minimum atomic E-state index is -1.22.